The van der Waals surface area contributed by atoms with Crippen molar-refractivity contribution in [3.63, 3.8) is 0 Å². The van der Waals surface area contributed by atoms with E-state index in [1.54, 1.807) is 4.57 Å². The van der Waals surface area contributed by atoms with Gasteiger partial charge in [-0.1, -0.05) is 30.3 Å². The average molecular weight is 369 g/mol. The van der Waals surface area contributed by atoms with Gasteiger partial charge in [-0.05, 0) is 29.7 Å². The van der Waals surface area contributed by atoms with Gasteiger partial charge in [-0.15, -0.1) is 0 Å². The molecular formula is C20H17ClN2O3. The van der Waals surface area contributed by atoms with Gasteiger partial charge in [0.1, 0.15) is 0 Å². The lowest BCUT2D eigenvalue weighted by Gasteiger charge is -2.02. The van der Waals surface area contributed by atoms with Crippen LogP contribution in [0, 0.1) is 10.1 Å². The van der Waals surface area contributed by atoms with Crippen molar-refractivity contribution in [2.45, 2.75) is 13.0 Å². The molecule has 0 unspecified atom stereocenters. The Hall–Kier alpha value is -3.05. The van der Waals surface area contributed by atoms with Crippen molar-refractivity contribution in [3.8, 4) is 0 Å². The molecule has 1 aromatic heterocycles. The van der Waals surface area contributed by atoms with Crippen molar-refractivity contribution in [2.75, 3.05) is 0 Å². The highest BCUT2D eigenvalue weighted by atomic mass is 35.5. The number of non-ortho nitro benzene ring substituents is 1. The van der Waals surface area contributed by atoms with Crippen LogP contribution < -0.4 is 17.0 Å². The molecule has 0 atom stereocenters. The minimum Gasteiger partial charge on any atom is -1.00 e. The van der Waals surface area contributed by atoms with Gasteiger partial charge in [-0.3, -0.25) is 14.9 Å². The number of nitro benzene ring substituents is 1. The maximum Gasteiger partial charge on any atom is 0.269 e. The second-order valence-electron chi connectivity index (χ2n) is 5.77. The Bertz CT molecular complexity index is 879. The van der Waals surface area contributed by atoms with E-state index in [-0.39, 0.29) is 30.4 Å². The van der Waals surface area contributed by atoms with Crippen LogP contribution in [0.4, 0.5) is 5.69 Å². The number of nitro groups is 1. The Morgan fingerprint density at radius 2 is 1.46 bits per heavy atom. The molecule has 0 bridgehead atoms. The minimum atomic E-state index is -0.478. The third kappa shape index (κ3) is 4.97. The second kappa shape index (κ2) is 8.87. The van der Waals surface area contributed by atoms with Crippen LogP contribution >= 0.6 is 0 Å². The smallest absolute Gasteiger partial charge is 0.269 e. The quantitative estimate of drug-likeness (QED) is 0.273. The van der Waals surface area contributed by atoms with Crippen LogP contribution in [0.5, 0.6) is 0 Å². The maximum absolute atomic E-state index is 12.3. The fourth-order valence-electron chi connectivity index (χ4n) is 2.57. The summed E-state index contributed by atoms with van der Waals surface area (Å²) in [6.45, 7) is 0.198. The number of carbonyl (C=O) groups excluding carboxylic acids is 1. The summed E-state index contributed by atoms with van der Waals surface area (Å²) in [5.41, 5.74) is 2.85. The van der Waals surface area contributed by atoms with Gasteiger partial charge < -0.3 is 12.4 Å². The first-order valence-corrected chi connectivity index (χ1v) is 7.91. The summed E-state index contributed by atoms with van der Waals surface area (Å²) in [5.74, 6) is -0.0873. The number of aromatic nitrogens is 1. The SMILES string of the molecule is O=C(C[n+]1ccc(Cc2ccccc2)cc1)c1ccc([N+](=O)[O-])cc1.[Cl-]. The van der Waals surface area contributed by atoms with E-state index in [1.807, 2.05) is 42.7 Å². The van der Waals surface area contributed by atoms with E-state index in [2.05, 4.69) is 12.1 Å². The van der Waals surface area contributed by atoms with E-state index in [0.29, 0.717) is 5.56 Å². The molecule has 2 aromatic carbocycles. The largest absolute Gasteiger partial charge is 1.00 e. The van der Waals surface area contributed by atoms with Gasteiger partial charge in [0, 0.05) is 29.8 Å². The summed E-state index contributed by atoms with van der Waals surface area (Å²) in [6.07, 6.45) is 4.60. The highest BCUT2D eigenvalue weighted by molar-refractivity contribution is 5.95. The first-order valence-electron chi connectivity index (χ1n) is 7.91. The van der Waals surface area contributed by atoms with Crippen molar-refractivity contribution >= 4 is 11.5 Å². The fraction of sp³-hybridized carbons (Fsp3) is 0.100. The number of halogens is 1. The lowest BCUT2D eigenvalue weighted by atomic mass is 10.1. The number of ketones is 1. The van der Waals surface area contributed by atoms with Crippen molar-refractivity contribution in [1.82, 2.24) is 0 Å². The summed E-state index contributed by atoms with van der Waals surface area (Å²) < 4.78 is 1.80. The molecule has 3 rings (SSSR count). The number of nitrogens with zero attached hydrogens (tertiary/aromatic N) is 2. The Kier molecular flexibility index (Phi) is 6.58. The van der Waals surface area contributed by atoms with Gasteiger partial charge in [0.2, 0.25) is 12.3 Å². The van der Waals surface area contributed by atoms with E-state index in [9.17, 15) is 14.9 Å². The number of benzene rings is 2. The zero-order valence-corrected chi connectivity index (χ0v) is 14.7. The lowest BCUT2D eigenvalue weighted by Crippen LogP contribution is -3.00. The molecule has 0 aliphatic heterocycles. The van der Waals surface area contributed by atoms with Crippen LogP contribution in [0.3, 0.4) is 0 Å². The summed E-state index contributed by atoms with van der Waals surface area (Å²) >= 11 is 0. The zero-order chi connectivity index (χ0) is 17.6. The molecule has 0 fully saturated rings. The fourth-order valence-corrected chi connectivity index (χ4v) is 2.57. The van der Waals surface area contributed by atoms with Crippen LogP contribution in [0.1, 0.15) is 21.5 Å². The monoisotopic (exact) mass is 368 g/mol. The number of rotatable bonds is 6. The molecule has 0 saturated carbocycles. The van der Waals surface area contributed by atoms with Crippen molar-refractivity contribution in [3.05, 3.63) is 106 Å². The van der Waals surface area contributed by atoms with Crippen molar-refractivity contribution in [1.29, 1.82) is 0 Å². The molecule has 0 aliphatic carbocycles. The Morgan fingerprint density at radius 3 is 2.04 bits per heavy atom. The highest BCUT2D eigenvalue weighted by Crippen LogP contribution is 2.12. The second-order valence-corrected chi connectivity index (χ2v) is 5.77. The molecule has 5 nitrogen and oxygen atoms in total. The van der Waals surface area contributed by atoms with Crippen molar-refractivity contribution < 1.29 is 26.7 Å². The number of hydrogen-bond acceptors (Lipinski definition) is 3. The van der Waals surface area contributed by atoms with E-state index < -0.39 is 4.92 Å². The predicted molar refractivity (Wildman–Crippen MR) is 93.3 cm³/mol. The van der Waals surface area contributed by atoms with Gasteiger partial charge in [0.25, 0.3) is 5.69 Å². The van der Waals surface area contributed by atoms with Crippen LogP contribution in [0.25, 0.3) is 0 Å². The first-order chi connectivity index (χ1) is 12.1. The third-order valence-electron chi connectivity index (χ3n) is 3.94. The minimum absolute atomic E-state index is 0. The molecule has 0 saturated heterocycles. The molecule has 26 heavy (non-hydrogen) atoms. The van der Waals surface area contributed by atoms with Gasteiger partial charge in [-0.25, -0.2) is 0 Å². The Labute approximate surface area is 157 Å². The number of hydrogen-bond donors (Lipinski definition) is 0. The van der Waals surface area contributed by atoms with Gasteiger partial charge >= 0.3 is 0 Å². The van der Waals surface area contributed by atoms with E-state index in [4.69, 9.17) is 0 Å². The molecule has 0 amide bonds. The highest BCUT2D eigenvalue weighted by Gasteiger charge is 2.14. The third-order valence-corrected chi connectivity index (χ3v) is 3.94. The lowest BCUT2D eigenvalue weighted by molar-refractivity contribution is -0.683. The van der Waals surface area contributed by atoms with E-state index in [0.717, 1.165) is 6.42 Å². The van der Waals surface area contributed by atoms with Gasteiger partial charge in [-0.2, -0.15) is 4.57 Å². The molecule has 3 aromatic rings. The number of pyridine rings is 1. The van der Waals surface area contributed by atoms with Crippen LogP contribution in [-0.4, -0.2) is 10.7 Å². The van der Waals surface area contributed by atoms with Gasteiger partial charge in [0.15, 0.2) is 12.4 Å². The standard InChI is InChI=1S/C20H17N2O3.ClH/c23-20(18-6-8-19(9-7-18)22(24)25)15-21-12-10-17(11-13-21)14-16-4-2-1-3-5-16;/h1-13H,14-15H2;1H/q+1;/p-1. The molecule has 0 aliphatic rings. The maximum atomic E-state index is 12.3. The predicted octanol–water partition coefficient (Wildman–Crippen LogP) is 0.360. The van der Waals surface area contributed by atoms with Crippen LogP contribution in [0.2, 0.25) is 0 Å². The van der Waals surface area contributed by atoms with Crippen molar-refractivity contribution in [2.24, 2.45) is 0 Å². The Morgan fingerprint density at radius 1 is 0.885 bits per heavy atom. The normalized spacial score (nSPS) is 10.0. The summed E-state index contributed by atoms with van der Waals surface area (Å²) in [4.78, 5) is 22.5. The average Bonchev–Trinajstić information content (AvgIpc) is 2.64. The molecule has 6 heteroatoms. The van der Waals surface area contributed by atoms with Gasteiger partial charge in [0.05, 0.1) is 4.92 Å². The topological polar surface area (TPSA) is 64.1 Å². The van der Waals surface area contributed by atoms with Crippen LogP contribution in [0.15, 0.2) is 79.1 Å². The van der Waals surface area contributed by atoms with Crippen LogP contribution in [-0.2, 0) is 13.0 Å². The Balaban J connectivity index is 0.00000243. The van der Waals surface area contributed by atoms with E-state index >= 15 is 0 Å². The zero-order valence-electron chi connectivity index (χ0n) is 13.9. The molecule has 0 spiro atoms. The molecule has 0 N–H and O–H groups in total. The molecule has 1 heterocycles. The number of carbonyl (C=O) groups is 1. The first kappa shape index (κ1) is 19.3. The summed E-state index contributed by atoms with van der Waals surface area (Å²) in [6, 6.07) is 19.9. The summed E-state index contributed by atoms with van der Waals surface area (Å²) in [7, 11) is 0. The summed E-state index contributed by atoms with van der Waals surface area (Å²) in [5, 5.41) is 10.7. The molecule has 132 valence electrons. The molecule has 0 radical (unpaired) electrons. The molecular weight excluding hydrogens is 352 g/mol. The number of Topliss-reactive ketones (excluding diaryl/α,β-unsaturated/α-hetero) is 1. The van der Waals surface area contributed by atoms with E-state index in [1.165, 1.54) is 35.4 Å².